The number of carbonyl (C=O) groups is 1. The van der Waals surface area contributed by atoms with E-state index in [2.05, 4.69) is 25.1 Å². The van der Waals surface area contributed by atoms with Gasteiger partial charge in [0, 0.05) is 42.8 Å². The second-order valence-corrected chi connectivity index (χ2v) is 9.04. The summed E-state index contributed by atoms with van der Waals surface area (Å²) in [7, 11) is 0. The van der Waals surface area contributed by atoms with Crippen LogP contribution in [0, 0.1) is 12.7 Å². The molecule has 34 heavy (non-hydrogen) atoms. The van der Waals surface area contributed by atoms with Gasteiger partial charge in [0.25, 0.3) is 5.91 Å². The van der Waals surface area contributed by atoms with E-state index in [0.29, 0.717) is 29.3 Å². The molecule has 3 saturated heterocycles. The van der Waals surface area contributed by atoms with Gasteiger partial charge in [0.1, 0.15) is 5.82 Å². The lowest BCUT2D eigenvalue weighted by molar-refractivity contribution is 0.0612. The standard InChI is InChI=1S/C25H24FN7O/c1-16-2-7-23(33-28-9-10-29-33)21(12-16)24(34)32-15-20-6-5-19(32)8-11-31(20)25-27-14-17-3-4-18(26)13-22(17)30-25/h2-4,7,9-10,12-14,19-20H,5-6,8,11,15H2,1H3/t19-,20-/m1/s1. The van der Waals surface area contributed by atoms with Crippen LogP contribution in [0.3, 0.4) is 0 Å². The Morgan fingerprint density at radius 2 is 1.85 bits per heavy atom. The van der Waals surface area contributed by atoms with Crippen LogP contribution < -0.4 is 4.90 Å². The zero-order valence-electron chi connectivity index (χ0n) is 18.8. The first kappa shape index (κ1) is 20.7. The molecule has 3 aliphatic rings. The van der Waals surface area contributed by atoms with E-state index in [4.69, 9.17) is 0 Å². The van der Waals surface area contributed by atoms with E-state index in [1.807, 2.05) is 30.0 Å². The van der Waals surface area contributed by atoms with E-state index in [0.717, 1.165) is 36.8 Å². The number of hydrogen-bond donors (Lipinski definition) is 0. The molecule has 3 fully saturated rings. The lowest BCUT2D eigenvalue weighted by Crippen LogP contribution is -2.50. The first-order chi connectivity index (χ1) is 16.6. The highest BCUT2D eigenvalue weighted by Gasteiger charge is 2.39. The van der Waals surface area contributed by atoms with E-state index in [1.54, 1.807) is 24.7 Å². The van der Waals surface area contributed by atoms with Crippen molar-refractivity contribution in [3.05, 3.63) is 71.9 Å². The van der Waals surface area contributed by atoms with Crippen molar-refractivity contribution in [3.63, 3.8) is 0 Å². The lowest BCUT2D eigenvalue weighted by atomic mass is 9.97. The molecule has 2 aromatic heterocycles. The minimum atomic E-state index is -0.314. The second kappa shape index (κ2) is 8.16. The van der Waals surface area contributed by atoms with Gasteiger partial charge in [0.15, 0.2) is 0 Å². The molecule has 5 heterocycles. The molecule has 4 aromatic rings. The molecule has 2 aromatic carbocycles. The average molecular weight is 458 g/mol. The Bertz CT molecular complexity index is 1370. The summed E-state index contributed by atoms with van der Waals surface area (Å²) in [5.74, 6) is 0.274. The van der Waals surface area contributed by atoms with Gasteiger partial charge in [0.2, 0.25) is 5.95 Å². The molecule has 0 N–H and O–H groups in total. The van der Waals surface area contributed by atoms with Crippen LogP contribution in [-0.4, -0.2) is 60.9 Å². The summed E-state index contributed by atoms with van der Waals surface area (Å²) >= 11 is 0. The Labute approximate surface area is 196 Å². The van der Waals surface area contributed by atoms with Gasteiger partial charge in [0.05, 0.1) is 29.2 Å². The fourth-order valence-corrected chi connectivity index (χ4v) is 5.16. The van der Waals surface area contributed by atoms with Gasteiger partial charge < -0.3 is 9.80 Å². The van der Waals surface area contributed by atoms with Gasteiger partial charge in [-0.05, 0) is 50.5 Å². The van der Waals surface area contributed by atoms with Crippen LogP contribution in [0.4, 0.5) is 10.3 Å². The molecule has 1 amide bonds. The summed E-state index contributed by atoms with van der Waals surface area (Å²) in [6.45, 7) is 3.32. The Balaban J connectivity index is 1.32. The van der Waals surface area contributed by atoms with E-state index in [9.17, 15) is 9.18 Å². The van der Waals surface area contributed by atoms with Crippen LogP contribution in [0.25, 0.3) is 16.6 Å². The average Bonchev–Trinajstić information content (AvgIpc) is 3.23. The number of piperidine rings is 1. The van der Waals surface area contributed by atoms with Crippen molar-refractivity contribution < 1.29 is 9.18 Å². The number of halogens is 1. The molecule has 172 valence electrons. The number of nitrogens with zero attached hydrogens (tertiary/aromatic N) is 7. The molecule has 8 nitrogen and oxygen atoms in total. The number of anilines is 1. The molecule has 0 radical (unpaired) electrons. The third kappa shape index (κ3) is 3.57. The number of rotatable bonds is 3. The van der Waals surface area contributed by atoms with Gasteiger partial charge in [-0.25, -0.2) is 14.4 Å². The minimum Gasteiger partial charge on any atom is -0.336 e. The van der Waals surface area contributed by atoms with Gasteiger partial charge >= 0.3 is 0 Å². The second-order valence-electron chi connectivity index (χ2n) is 9.04. The first-order valence-electron chi connectivity index (χ1n) is 11.5. The van der Waals surface area contributed by atoms with Crippen molar-refractivity contribution in [2.24, 2.45) is 0 Å². The molecule has 2 atom stereocenters. The molecule has 9 heteroatoms. The fourth-order valence-electron chi connectivity index (χ4n) is 5.16. The van der Waals surface area contributed by atoms with Gasteiger partial charge in [-0.15, -0.1) is 0 Å². The minimum absolute atomic E-state index is 0.00551. The zero-order valence-corrected chi connectivity index (χ0v) is 18.8. The third-order valence-corrected chi connectivity index (χ3v) is 6.89. The van der Waals surface area contributed by atoms with Crippen LogP contribution in [0.1, 0.15) is 35.2 Å². The number of carbonyl (C=O) groups excluding carboxylic acids is 1. The summed E-state index contributed by atoms with van der Waals surface area (Å²) < 4.78 is 13.8. The van der Waals surface area contributed by atoms with Crippen molar-refractivity contribution in [1.29, 1.82) is 0 Å². The summed E-state index contributed by atoms with van der Waals surface area (Å²) in [5.41, 5.74) is 2.88. The highest BCUT2D eigenvalue weighted by molar-refractivity contribution is 5.98. The van der Waals surface area contributed by atoms with Crippen LogP contribution in [0.2, 0.25) is 0 Å². The molecule has 0 saturated carbocycles. The van der Waals surface area contributed by atoms with Crippen molar-refractivity contribution in [3.8, 4) is 5.69 Å². The predicted octanol–water partition coefficient (Wildman–Crippen LogP) is 3.54. The first-order valence-corrected chi connectivity index (χ1v) is 11.5. The molecule has 0 spiro atoms. The summed E-state index contributed by atoms with van der Waals surface area (Å²) in [6.07, 6.45) is 7.67. The number of amides is 1. The van der Waals surface area contributed by atoms with Gasteiger partial charge in [-0.2, -0.15) is 15.0 Å². The van der Waals surface area contributed by atoms with Crippen molar-refractivity contribution >= 4 is 22.8 Å². The molecule has 3 aliphatic heterocycles. The van der Waals surface area contributed by atoms with Gasteiger partial charge in [-0.1, -0.05) is 11.6 Å². The van der Waals surface area contributed by atoms with Crippen LogP contribution >= 0.6 is 0 Å². The summed E-state index contributed by atoms with van der Waals surface area (Å²) in [4.78, 5) is 28.7. The fraction of sp³-hybridized carbons (Fsp3) is 0.320. The van der Waals surface area contributed by atoms with Crippen molar-refractivity contribution in [2.75, 3.05) is 18.0 Å². The number of aromatic nitrogens is 5. The summed E-state index contributed by atoms with van der Waals surface area (Å²) in [5, 5.41) is 9.28. The zero-order chi connectivity index (χ0) is 23.2. The highest BCUT2D eigenvalue weighted by Crippen LogP contribution is 2.32. The van der Waals surface area contributed by atoms with Crippen LogP contribution in [0.15, 0.2) is 55.0 Å². The largest absolute Gasteiger partial charge is 0.336 e. The Hall–Kier alpha value is -3.88. The third-order valence-electron chi connectivity index (χ3n) is 6.89. The predicted molar refractivity (Wildman–Crippen MR) is 125 cm³/mol. The van der Waals surface area contributed by atoms with Crippen LogP contribution in [-0.2, 0) is 0 Å². The van der Waals surface area contributed by atoms with Crippen molar-refractivity contribution in [2.45, 2.75) is 38.3 Å². The monoisotopic (exact) mass is 457 g/mol. The van der Waals surface area contributed by atoms with Gasteiger partial charge in [-0.3, -0.25) is 4.79 Å². The Morgan fingerprint density at radius 1 is 1.03 bits per heavy atom. The maximum absolute atomic E-state index is 13.8. The molecule has 2 bridgehead atoms. The van der Waals surface area contributed by atoms with Crippen molar-refractivity contribution in [1.82, 2.24) is 29.9 Å². The molecule has 7 rings (SSSR count). The molecule has 0 unspecified atom stereocenters. The number of fused-ring (bicyclic) bond motifs is 5. The van der Waals surface area contributed by atoms with E-state index in [1.165, 1.54) is 16.9 Å². The maximum Gasteiger partial charge on any atom is 0.256 e. The molecular formula is C25H24FN7O. The maximum atomic E-state index is 13.8. The number of benzene rings is 2. The quantitative estimate of drug-likeness (QED) is 0.468. The molecular weight excluding hydrogens is 433 g/mol. The topological polar surface area (TPSA) is 80.0 Å². The van der Waals surface area contributed by atoms with E-state index >= 15 is 0 Å². The smallest absolute Gasteiger partial charge is 0.256 e. The normalized spacial score (nSPS) is 20.1. The number of hydrogen-bond acceptors (Lipinski definition) is 6. The number of aryl methyl sites for hydroxylation is 1. The Kier molecular flexibility index (Phi) is 4.97. The van der Waals surface area contributed by atoms with Crippen LogP contribution in [0.5, 0.6) is 0 Å². The summed E-state index contributed by atoms with van der Waals surface area (Å²) in [6, 6.07) is 10.6. The SMILES string of the molecule is Cc1ccc(-n2nccn2)c(C(=O)N2C[C@H]3CC[C@@H]2CCN3c2ncc3ccc(F)cc3n2)c1. The Morgan fingerprint density at radius 3 is 2.71 bits per heavy atom. The van der Waals surface area contributed by atoms with E-state index < -0.39 is 0 Å². The lowest BCUT2D eigenvalue weighted by Gasteiger charge is -2.38. The highest BCUT2D eigenvalue weighted by atomic mass is 19.1. The van der Waals surface area contributed by atoms with E-state index in [-0.39, 0.29) is 23.8 Å². The molecule has 0 aliphatic carbocycles.